The number of esters is 1. The Balaban J connectivity index is 1.28. The van der Waals surface area contributed by atoms with Crippen LogP contribution in [0.5, 0.6) is 0 Å². The lowest BCUT2D eigenvalue weighted by molar-refractivity contribution is -0.151. The Hall–Kier alpha value is -1.05. The number of carbonyl (C=O) groups is 1. The molecule has 4 aliphatic carbocycles. The average Bonchev–Trinajstić information content (AvgIpc) is 3.15. The van der Waals surface area contributed by atoms with Crippen molar-refractivity contribution in [3.05, 3.63) is 23.3 Å². The highest BCUT2D eigenvalue weighted by Crippen LogP contribution is 2.65. The molecule has 0 saturated heterocycles. The molecule has 6 atom stereocenters. The van der Waals surface area contributed by atoms with Crippen LogP contribution in [-0.2, 0) is 9.53 Å². The van der Waals surface area contributed by atoms with Crippen molar-refractivity contribution in [3.8, 4) is 0 Å². The maximum Gasteiger partial charge on any atom is 0.306 e. The second-order valence-electron chi connectivity index (χ2n) is 12.3. The first-order valence-electron chi connectivity index (χ1n) is 14.5. The number of unbranched alkanes of at least 4 members (excludes halogenated alkanes) is 6. The standard InChI is InChI=1S/C31H50O2/c1-5-7-8-9-10-11-12-13-29(32)33-25-18-20-31(4)24(22-25)14-16-26-27-17-15-23(6-2)30(27,3)21-19-28(26)31/h14-15,25-28H,5-13,16-22H2,1-4H3/t25-,26-,27-,28-,30+,31-/m0/s1. The molecule has 2 heteroatoms. The zero-order valence-electron chi connectivity index (χ0n) is 22.1. The fraction of sp³-hybridized carbons (Fsp3) is 0.839. The van der Waals surface area contributed by atoms with Gasteiger partial charge in [0, 0.05) is 12.8 Å². The third kappa shape index (κ3) is 5.01. The summed E-state index contributed by atoms with van der Waals surface area (Å²) in [5, 5.41) is 0. The molecule has 0 aromatic carbocycles. The summed E-state index contributed by atoms with van der Waals surface area (Å²) in [4.78, 5) is 12.5. The summed E-state index contributed by atoms with van der Waals surface area (Å²) < 4.78 is 5.99. The molecule has 0 amide bonds. The smallest absolute Gasteiger partial charge is 0.306 e. The van der Waals surface area contributed by atoms with Crippen LogP contribution < -0.4 is 0 Å². The summed E-state index contributed by atoms with van der Waals surface area (Å²) in [6, 6.07) is 0. The van der Waals surface area contributed by atoms with E-state index in [1.807, 2.05) is 0 Å². The van der Waals surface area contributed by atoms with Gasteiger partial charge in [0.05, 0.1) is 0 Å². The number of rotatable bonds is 10. The zero-order valence-corrected chi connectivity index (χ0v) is 22.1. The van der Waals surface area contributed by atoms with Crippen LogP contribution in [-0.4, -0.2) is 12.1 Å². The van der Waals surface area contributed by atoms with Gasteiger partial charge in [-0.3, -0.25) is 4.79 Å². The minimum atomic E-state index is 0.0454. The molecule has 0 radical (unpaired) electrons. The molecule has 0 bridgehead atoms. The lowest BCUT2D eigenvalue weighted by Crippen LogP contribution is -2.50. The van der Waals surface area contributed by atoms with E-state index in [-0.39, 0.29) is 12.1 Å². The van der Waals surface area contributed by atoms with E-state index in [0.29, 0.717) is 17.3 Å². The van der Waals surface area contributed by atoms with Crippen LogP contribution in [0.3, 0.4) is 0 Å². The Kier molecular flexibility index (Phi) is 8.12. The van der Waals surface area contributed by atoms with E-state index in [0.717, 1.165) is 37.0 Å². The van der Waals surface area contributed by atoms with Gasteiger partial charge in [-0.2, -0.15) is 0 Å². The Morgan fingerprint density at radius 2 is 1.64 bits per heavy atom. The van der Waals surface area contributed by atoms with Crippen LogP contribution in [0, 0.1) is 28.6 Å². The van der Waals surface area contributed by atoms with E-state index in [2.05, 4.69) is 39.8 Å². The Labute approximate surface area is 204 Å². The van der Waals surface area contributed by atoms with Crippen LogP contribution >= 0.6 is 0 Å². The molecule has 0 aromatic heterocycles. The van der Waals surface area contributed by atoms with Crippen molar-refractivity contribution >= 4 is 5.97 Å². The largest absolute Gasteiger partial charge is 0.462 e. The Morgan fingerprint density at radius 3 is 2.39 bits per heavy atom. The summed E-state index contributed by atoms with van der Waals surface area (Å²) in [5.41, 5.74) is 4.15. The highest BCUT2D eigenvalue weighted by Gasteiger charge is 2.56. The molecule has 0 N–H and O–H groups in total. The molecule has 0 aromatic rings. The monoisotopic (exact) mass is 454 g/mol. The van der Waals surface area contributed by atoms with Gasteiger partial charge in [0.25, 0.3) is 0 Å². The van der Waals surface area contributed by atoms with E-state index in [1.54, 1.807) is 11.1 Å². The number of allylic oxidation sites excluding steroid dienone is 3. The van der Waals surface area contributed by atoms with Gasteiger partial charge in [-0.25, -0.2) is 0 Å². The number of hydrogen-bond acceptors (Lipinski definition) is 2. The molecule has 2 nitrogen and oxygen atoms in total. The van der Waals surface area contributed by atoms with E-state index in [4.69, 9.17) is 4.74 Å². The molecular weight excluding hydrogens is 404 g/mol. The van der Waals surface area contributed by atoms with E-state index < -0.39 is 0 Å². The molecule has 2 saturated carbocycles. The second-order valence-corrected chi connectivity index (χ2v) is 12.3. The van der Waals surface area contributed by atoms with Crippen molar-refractivity contribution in [2.24, 2.45) is 28.6 Å². The summed E-state index contributed by atoms with van der Waals surface area (Å²) in [6.45, 7) is 9.73. The van der Waals surface area contributed by atoms with Gasteiger partial charge in [0.1, 0.15) is 6.10 Å². The third-order valence-corrected chi connectivity index (χ3v) is 10.5. The van der Waals surface area contributed by atoms with Crippen LogP contribution in [0.15, 0.2) is 23.3 Å². The first kappa shape index (κ1) is 25.1. The average molecular weight is 455 g/mol. The highest BCUT2D eigenvalue weighted by molar-refractivity contribution is 5.69. The van der Waals surface area contributed by atoms with Crippen LogP contribution in [0.4, 0.5) is 0 Å². The second kappa shape index (κ2) is 10.7. The van der Waals surface area contributed by atoms with Crippen LogP contribution in [0.2, 0.25) is 0 Å². The maximum atomic E-state index is 12.5. The Morgan fingerprint density at radius 1 is 0.909 bits per heavy atom. The summed E-state index contributed by atoms with van der Waals surface area (Å²) in [5.74, 6) is 2.56. The highest BCUT2D eigenvalue weighted by atomic mass is 16.5. The van der Waals surface area contributed by atoms with Crippen molar-refractivity contribution in [2.45, 2.75) is 137 Å². The van der Waals surface area contributed by atoms with E-state index >= 15 is 0 Å². The molecule has 4 aliphatic rings. The zero-order chi connectivity index (χ0) is 23.5. The maximum absolute atomic E-state index is 12.5. The number of hydrogen-bond donors (Lipinski definition) is 0. The quantitative estimate of drug-likeness (QED) is 0.187. The molecule has 2 fully saturated rings. The third-order valence-electron chi connectivity index (χ3n) is 10.5. The molecule has 0 aliphatic heterocycles. The minimum absolute atomic E-state index is 0.0454. The fourth-order valence-corrected chi connectivity index (χ4v) is 8.40. The normalized spacial score (nSPS) is 37.5. The van der Waals surface area contributed by atoms with Gasteiger partial charge in [-0.05, 0) is 80.0 Å². The molecule has 4 rings (SSSR count). The van der Waals surface area contributed by atoms with Crippen LogP contribution in [0.25, 0.3) is 0 Å². The molecular formula is C31H50O2. The number of carbonyl (C=O) groups excluding carboxylic acids is 1. The predicted molar refractivity (Wildman–Crippen MR) is 138 cm³/mol. The summed E-state index contributed by atoms with van der Waals surface area (Å²) in [7, 11) is 0. The van der Waals surface area contributed by atoms with Crippen molar-refractivity contribution in [2.75, 3.05) is 0 Å². The molecule has 0 spiro atoms. The first-order valence-corrected chi connectivity index (χ1v) is 14.5. The van der Waals surface area contributed by atoms with Crippen molar-refractivity contribution < 1.29 is 9.53 Å². The van der Waals surface area contributed by atoms with Gasteiger partial charge >= 0.3 is 5.97 Å². The first-order chi connectivity index (χ1) is 15.9. The minimum Gasteiger partial charge on any atom is -0.462 e. The summed E-state index contributed by atoms with van der Waals surface area (Å²) >= 11 is 0. The topological polar surface area (TPSA) is 26.3 Å². The Bertz CT molecular complexity index is 748. The van der Waals surface area contributed by atoms with Gasteiger partial charge in [0.15, 0.2) is 0 Å². The SMILES string of the molecule is CCCCCCCCCC(=O)O[C@H]1CC[C@@]2(C)C(=CC[C@@H]3[C@@H]2CC[C@]2(C)C(CC)=CC[C@@H]32)C1. The van der Waals surface area contributed by atoms with E-state index in [1.165, 1.54) is 77.0 Å². The fourth-order valence-electron chi connectivity index (χ4n) is 8.40. The van der Waals surface area contributed by atoms with Gasteiger partial charge < -0.3 is 4.74 Å². The van der Waals surface area contributed by atoms with Gasteiger partial charge in [0.2, 0.25) is 0 Å². The van der Waals surface area contributed by atoms with Crippen molar-refractivity contribution in [1.29, 1.82) is 0 Å². The molecule has 186 valence electrons. The summed E-state index contributed by atoms with van der Waals surface area (Å²) in [6.07, 6.45) is 24.4. The van der Waals surface area contributed by atoms with Gasteiger partial charge in [-0.1, -0.05) is 89.5 Å². The molecule has 0 heterocycles. The predicted octanol–water partition coefficient (Wildman–Crippen LogP) is 8.95. The molecule has 0 unspecified atom stereocenters. The van der Waals surface area contributed by atoms with Crippen LogP contribution in [0.1, 0.15) is 130 Å². The lowest BCUT2D eigenvalue weighted by atomic mass is 9.47. The van der Waals surface area contributed by atoms with E-state index in [9.17, 15) is 4.79 Å². The number of ether oxygens (including phenoxy) is 1. The van der Waals surface area contributed by atoms with Crippen molar-refractivity contribution in [3.63, 3.8) is 0 Å². The van der Waals surface area contributed by atoms with Gasteiger partial charge in [-0.15, -0.1) is 0 Å². The van der Waals surface area contributed by atoms with Crippen molar-refractivity contribution in [1.82, 2.24) is 0 Å². The molecule has 33 heavy (non-hydrogen) atoms. The number of fused-ring (bicyclic) bond motifs is 5. The lowest BCUT2D eigenvalue weighted by Gasteiger charge is -2.58.